The third-order valence-electron chi connectivity index (χ3n) is 3.57. The van der Waals surface area contributed by atoms with Crippen LogP contribution in [0.4, 0.5) is 4.79 Å². The highest BCUT2D eigenvalue weighted by molar-refractivity contribution is 5.68. The van der Waals surface area contributed by atoms with Gasteiger partial charge in [0, 0.05) is 26.4 Å². The molecule has 8 heteroatoms. The summed E-state index contributed by atoms with van der Waals surface area (Å²) in [6, 6.07) is 0.0162. The smallest absolute Gasteiger partial charge is 0.407 e. The fourth-order valence-electron chi connectivity index (χ4n) is 2.57. The minimum atomic E-state index is -0.504. The maximum Gasteiger partial charge on any atom is 0.407 e. The molecule has 0 spiro atoms. The van der Waals surface area contributed by atoms with E-state index in [4.69, 9.17) is 9.47 Å². The van der Waals surface area contributed by atoms with Gasteiger partial charge in [-0.05, 0) is 34.1 Å². The van der Waals surface area contributed by atoms with Crippen LogP contribution in [0.5, 0.6) is 0 Å². The average molecular weight is 325 g/mol. The van der Waals surface area contributed by atoms with Gasteiger partial charge in [0.25, 0.3) is 0 Å². The predicted molar refractivity (Wildman–Crippen MR) is 84.8 cm³/mol. The molecule has 0 radical (unpaired) electrons. The van der Waals surface area contributed by atoms with E-state index in [1.165, 1.54) is 0 Å². The second-order valence-electron chi connectivity index (χ2n) is 6.77. The van der Waals surface area contributed by atoms with Gasteiger partial charge in [-0.15, -0.1) is 5.10 Å². The van der Waals surface area contributed by atoms with E-state index in [9.17, 15) is 4.79 Å². The molecule has 1 saturated carbocycles. The molecule has 8 nitrogen and oxygen atoms in total. The molecule has 1 amide bonds. The lowest BCUT2D eigenvalue weighted by Gasteiger charge is -2.44. The first-order valence-corrected chi connectivity index (χ1v) is 7.98. The van der Waals surface area contributed by atoms with Gasteiger partial charge < -0.3 is 20.1 Å². The highest BCUT2D eigenvalue weighted by Crippen LogP contribution is 2.25. The molecule has 130 valence electrons. The van der Waals surface area contributed by atoms with Gasteiger partial charge in [-0.3, -0.25) is 4.68 Å². The molecule has 0 saturated heterocycles. The van der Waals surface area contributed by atoms with Crippen molar-refractivity contribution in [3.8, 4) is 0 Å². The van der Waals surface area contributed by atoms with Crippen LogP contribution < -0.4 is 10.6 Å². The number of aryl methyl sites for hydroxylation is 1. The van der Waals surface area contributed by atoms with E-state index in [0.717, 1.165) is 12.1 Å². The topological polar surface area (TPSA) is 90.3 Å². The van der Waals surface area contributed by atoms with Gasteiger partial charge >= 0.3 is 6.09 Å². The molecule has 1 aliphatic carbocycles. The molecule has 0 aliphatic heterocycles. The van der Waals surface area contributed by atoms with Crippen molar-refractivity contribution in [2.75, 3.05) is 6.61 Å². The van der Waals surface area contributed by atoms with Crippen LogP contribution in [-0.4, -0.2) is 51.5 Å². The zero-order valence-corrected chi connectivity index (χ0v) is 14.5. The first kappa shape index (κ1) is 17.7. The van der Waals surface area contributed by atoms with Crippen molar-refractivity contribution in [1.29, 1.82) is 0 Å². The molecule has 0 bridgehead atoms. The molecule has 0 aromatic carbocycles. The van der Waals surface area contributed by atoms with Gasteiger partial charge in [-0.1, -0.05) is 5.21 Å². The van der Waals surface area contributed by atoms with E-state index in [0.29, 0.717) is 13.2 Å². The number of carbonyl (C=O) groups is 1. The number of rotatable bonds is 6. The lowest BCUT2D eigenvalue weighted by molar-refractivity contribution is -0.0439. The molecule has 1 heterocycles. The summed E-state index contributed by atoms with van der Waals surface area (Å²) in [6.45, 7) is 8.73. The van der Waals surface area contributed by atoms with Crippen LogP contribution >= 0.6 is 0 Å². The van der Waals surface area contributed by atoms with Crippen molar-refractivity contribution in [2.24, 2.45) is 7.05 Å². The lowest BCUT2D eigenvalue weighted by Crippen LogP contribution is -2.66. The van der Waals surface area contributed by atoms with E-state index in [-0.39, 0.29) is 18.2 Å². The Morgan fingerprint density at radius 1 is 1.48 bits per heavy atom. The second kappa shape index (κ2) is 7.27. The number of aromatic nitrogens is 3. The number of ether oxygens (including phenoxy) is 2. The van der Waals surface area contributed by atoms with Crippen LogP contribution in [0.2, 0.25) is 0 Å². The van der Waals surface area contributed by atoms with Crippen molar-refractivity contribution < 1.29 is 14.3 Å². The summed E-state index contributed by atoms with van der Waals surface area (Å²) in [4.78, 5) is 11.9. The minimum absolute atomic E-state index is 0.0157. The highest BCUT2D eigenvalue weighted by Gasteiger charge is 2.43. The van der Waals surface area contributed by atoms with Crippen molar-refractivity contribution in [3.05, 3.63) is 11.9 Å². The molecule has 2 N–H and O–H groups in total. The van der Waals surface area contributed by atoms with Crippen molar-refractivity contribution in [1.82, 2.24) is 25.6 Å². The van der Waals surface area contributed by atoms with Crippen molar-refractivity contribution in [2.45, 2.75) is 64.4 Å². The number of alkyl carbamates (subject to hydrolysis) is 1. The maximum absolute atomic E-state index is 11.9. The summed E-state index contributed by atoms with van der Waals surface area (Å²) < 4.78 is 12.7. The second-order valence-corrected chi connectivity index (χ2v) is 6.77. The van der Waals surface area contributed by atoms with Gasteiger partial charge in [0.15, 0.2) is 0 Å². The third kappa shape index (κ3) is 5.18. The van der Waals surface area contributed by atoms with Crippen LogP contribution in [0.25, 0.3) is 0 Å². The molecule has 1 fully saturated rings. The summed E-state index contributed by atoms with van der Waals surface area (Å²) in [5.74, 6) is 0. The van der Waals surface area contributed by atoms with Crippen LogP contribution in [0.1, 0.15) is 39.8 Å². The van der Waals surface area contributed by atoms with Crippen LogP contribution in [0, 0.1) is 0 Å². The minimum Gasteiger partial charge on any atom is -0.444 e. The number of nitrogens with one attached hydrogen (secondary N) is 2. The zero-order valence-electron chi connectivity index (χ0n) is 14.5. The largest absolute Gasteiger partial charge is 0.444 e. The van der Waals surface area contributed by atoms with E-state index in [1.54, 1.807) is 4.68 Å². The molecule has 3 unspecified atom stereocenters. The van der Waals surface area contributed by atoms with E-state index < -0.39 is 11.7 Å². The number of nitrogens with zero attached hydrogens (tertiary/aromatic N) is 3. The van der Waals surface area contributed by atoms with Gasteiger partial charge in [0.2, 0.25) is 0 Å². The Bertz CT molecular complexity index is 525. The van der Waals surface area contributed by atoms with Gasteiger partial charge in [0.1, 0.15) is 5.60 Å². The Hall–Kier alpha value is -1.67. The molecular formula is C15H27N5O3. The van der Waals surface area contributed by atoms with E-state index in [1.807, 2.05) is 40.9 Å². The standard InChI is InChI=1S/C15H27N5O3/c1-6-22-12-7-11(17-14(21)23-15(2,3)4)13(12)16-8-10-9-20(5)19-18-10/h9,11-13,16H,6-8H2,1-5H3,(H,17,21). The maximum atomic E-state index is 11.9. The number of hydrogen-bond donors (Lipinski definition) is 2. The Kier molecular flexibility index (Phi) is 5.59. The summed E-state index contributed by atoms with van der Waals surface area (Å²) >= 11 is 0. The summed E-state index contributed by atoms with van der Waals surface area (Å²) in [5, 5.41) is 14.3. The number of hydrogen-bond acceptors (Lipinski definition) is 6. The van der Waals surface area contributed by atoms with Gasteiger partial charge in [-0.2, -0.15) is 0 Å². The highest BCUT2D eigenvalue weighted by atomic mass is 16.6. The monoisotopic (exact) mass is 325 g/mol. The van der Waals surface area contributed by atoms with Crippen LogP contribution in [0.3, 0.4) is 0 Å². The van der Waals surface area contributed by atoms with Crippen LogP contribution in [0.15, 0.2) is 6.20 Å². The summed E-state index contributed by atoms with van der Waals surface area (Å²) in [5.41, 5.74) is 0.348. The van der Waals surface area contributed by atoms with Crippen LogP contribution in [-0.2, 0) is 23.1 Å². The van der Waals surface area contributed by atoms with Crippen molar-refractivity contribution >= 4 is 6.09 Å². The number of amides is 1. The molecule has 2 rings (SSSR count). The first-order valence-electron chi connectivity index (χ1n) is 7.98. The Morgan fingerprint density at radius 2 is 2.22 bits per heavy atom. The SMILES string of the molecule is CCOC1CC(NC(=O)OC(C)(C)C)C1NCc1cn(C)nn1. The predicted octanol–water partition coefficient (Wildman–Crippen LogP) is 0.975. The quantitative estimate of drug-likeness (QED) is 0.810. The zero-order chi connectivity index (χ0) is 17.0. The Morgan fingerprint density at radius 3 is 2.78 bits per heavy atom. The molecule has 1 aliphatic rings. The average Bonchev–Trinajstić information content (AvgIpc) is 2.81. The van der Waals surface area contributed by atoms with Gasteiger partial charge in [0.05, 0.1) is 23.9 Å². The fourth-order valence-corrected chi connectivity index (χ4v) is 2.57. The molecule has 23 heavy (non-hydrogen) atoms. The Balaban J connectivity index is 1.87. The normalized spacial score (nSPS) is 24.1. The number of carbonyl (C=O) groups excluding carboxylic acids is 1. The van der Waals surface area contributed by atoms with E-state index in [2.05, 4.69) is 20.9 Å². The molecule has 3 atom stereocenters. The third-order valence-corrected chi connectivity index (χ3v) is 3.57. The summed E-state index contributed by atoms with van der Waals surface area (Å²) in [6.07, 6.45) is 2.31. The lowest BCUT2D eigenvalue weighted by atomic mass is 9.82. The molecule has 1 aromatic heterocycles. The molecule has 1 aromatic rings. The summed E-state index contributed by atoms with van der Waals surface area (Å²) in [7, 11) is 1.83. The Labute approximate surface area is 136 Å². The van der Waals surface area contributed by atoms with Crippen molar-refractivity contribution in [3.63, 3.8) is 0 Å². The van der Waals surface area contributed by atoms with E-state index >= 15 is 0 Å². The first-order chi connectivity index (χ1) is 10.8. The molecular weight excluding hydrogens is 298 g/mol. The fraction of sp³-hybridized carbons (Fsp3) is 0.800. The van der Waals surface area contributed by atoms with Gasteiger partial charge in [-0.25, -0.2) is 4.79 Å².